The van der Waals surface area contributed by atoms with E-state index in [1.165, 1.54) is 0 Å². The van der Waals surface area contributed by atoms with Crippen molar-refractivity contribution < 1.29 is 4.74 Å². The molecule has 0 aliphatic rings. The molecule has 0 saturated carbocycles. The van der Waals surface area contributed by atoms with Crippen molar-refractivity contribution in [2.45, 2.75) is 9.79 Å². The molecule has 6 nitrogen and oxygen atoms in total. The number of hydrogen-bond donors (Lipinski definition) is 1. The lowest BCUT2D eigenvalue weighted by atomic mass is 10.0. The van der Waals surface area contributed by atoms with E-state index in [9.17, 15) is 0 Å². The Morgan fingerprint density at radius 1 is 0.838 bits per heavy atom. The van der Waals surface area contributed by atoms with E-state index in [0.717, 1.165) is 48.5 Å². The first kappa shape index (κ1) is 23.2. The number of benzene rings is 3. The third kappa shape index (κ3) is 4.79. The normalized spacial score (nSPS) is 11.1. The van der Waals surface area contributed by atoms with Gasteiger partial charge in [0.05, 0.1) is 18.8 Å². The molecule has 6 rings (SSSR count). The van der Waals surface area contributed by atoms with Crippen LogP contribution in [0.4, 0.5) is 11.5 Å². The van der Waals surface area contributed by atoms with Crippen molar-refractivity contribution in [2.75, 3.05) is 12.4 Å². The highest BCUT2D eigenvalue weighted by Crippen LogP contribution is 2.35. The van der Waals surface area contributed by atoms with Gasteiger partial charge in [-0.3, -0.25) is 4.98 Å². The maximum Gasteiger partial charge on any atom is 0.161 e. The molecule has 0 unspecified atom stereocenters. The molecule has 0 fully saturated rings. The number of methoxy groups -OCH3 is 1. The van der Waals surface area contributed by atoms with Crippen molar-refractivity contribution in [3.8, 4) is 17.0 Å². The predicted octanol–water partition coefficient (Wildman–Crippen LogP) is 7.80. The van der Waals surface area contributed by atoms with Crippen molar-refractivity contribution >= 4 is 56.7 Å². The van der Waals surface area contributed by atoms with Crippen LogP contribution in [0.1, 0.15) is 0 Å². The van der Waals surface area contributed by atoms with Crippen LogP contribution in [0, 0.1) is 0 Å². The minimum atomic E-state index is 0.689. The van der Waals surface area contributed by atoms with E-state index in [1.807, 2.05) is 66.7 Å². The molecule has 180 valence electrons. The van der Waals surface area contributed by atoms with Gasteiger partial charge in [-0.2, -0.15) is 0 Å². The number of anilines is 2. The van der Waals surface area contributed by atoms with Crippen LogP contribution < -0.4 is 10.1 Å². The number of ether oxygens (including phenoxy) is 1. The number of fused-ring (bicyclic) bond motifs is 2. The minimum Gasteiger partial charge on any atom is -0.495 e. The number of pyridine rings is 2. The molecule has 8 heteroatoms. The Labute approximate surface area is 222 Å². The fourth-order valence-corrected chi connectivity index (χ4v) is 5.10. The Balaban J connectivity index is 1.26. The number of halogens is 1. The third-order valence-electron chi connectivity index (χ3n) is 5.90. The third-order valence-corrected chi connectivity index (χ3v) is 7.21. The van der Waals surface area contributed by atoms with Crippen LogP contribution in [0.5, 0.6) is 5.75 Å². The molecular formula is C29H20ClN5OS. The van der Waals surface area contributed by atoms with Crippen molar-refractivity contribution in [3.05, 3.63) is 102 Å². The molecule has 6 aromatic rings. The van der Waals surface area contributed by atoms with Gasteiger partial charge in [-0.25, -0.2) is 4.98 Å². The zero-order chi connectivity index (χ0) is 25.2. The molecule has 3 heterocycles. The molecule has 0 bridgehead atoms. The van der Waals surface area contributed by atoms with Crippen molar-refractivity contribution in [1.82, 2.24) is 20.2 Å². The van der Waals surface area contributed by atoms with Crippen LogP contribution in [0.2, 0.25) is 5.02 Å². The zero-order valence-electron chi connectivity index (χ0n) is 19.7. The van der Waals surface area contributed by atoms with Crippen LogP contribution in [0.15, 0.2) is 107 Å². The van der Waals surface area contributed by atoms with Crippen LogP contribution in [-0.2, 0) is 0 Å². The van der Waals surface area contributed by atoms with E-state index in [2.05, 4.69) is 43.7 Å². The molecule has 37 heavy (non-hydrogen) atoms. The Hall–Kier alpha value is -4.20. The maximum atomic E-state index is 6.07. The summed E-state index contributed by atoms with van der Waals surface area (Å²) in [4.78, 5) is 11.1. The van der Waals surface area contributed by atoms with Gasteiger partial charge < -0.3 is 10.1 Å². The summed E-state index contributed by atoms with van der Waals surface area (Å²) in [7, 11) is 1.62. The molecule has 0 aliphatic carbocycles. The molecule has 3 aromatic carbocycles. The summed E-state index contributed by atoms with van der Waals surface area (Å²) in [5.41, 5.74) is 4.36. The minimum absolute atomic E-state index is 0.689. The molecular weight excluding hydrogens is 502 g/mol. The van der Waals surface area contributed by atoms with Crippen LogP contribution >= 0.6 is 23.4 Å². The highest BCUT2D eigenvalue weighted by Gasteiger charge is 2.12. The fraction of sp³-hybridized carbons (Fsp3) is 0.0345. The van der Waals surface area contributed by atoms with Crippen LogP contribution in [-0.4, -0.2) is 27.3 Å². The predicted molar refractivity (Wildman–Crippen MR) is 150 cm³/mol. The molecule has 0 saturated heterocycles. The van der Waals surface area contributed by atoms with Gasteiger partial charge in [0.15, 0.2) is 5.82 Å². The zero-order valence-corrected chi connectivity index (χ0v) is 21.3. The van der Waals surface area contributed by atoms with E-state index in [-0.39, 0.29) is 0 Å². The Morgan fingerprint density at radius 3 is 2.41 bits per heavy atom. The van der Waals surface area contributed by atoms with Crippen LogP contribution in [0.3, 0.4) is 0 Å². The molecule has 1 N–H and O–H groups in total. The van der Waals surface area contributed by atoms with Crippen molar-refractivity contribution in [1.29, 1.82) is 0 Å². The molecule has 0 spiro atoms. The average molecular weight is 522 g/mol. The van der Waals surface area contributed by atoms with Gasteiger partial charge in [0, 0.05) is 49.1 Å². The lowest BCUT2D eigenvalue weighted by Gasteiger charge is -2.12. The van der Waals surface area contributed by atoms with E-state index in [0.29, 0.717) is 16.6 Å². The number of aromatic nitrogens is 4. The average Bonchev–Trinajstić information content (AvgIpc) is 2.95. The molecule has 0 radical (unpaired) electrons. The second kappa shape index (κ2) is 10.0. The van der Waals surface area contributed by atoms with Crippen LogP contribution in [0.25, 0.3) is 33.1 Å². The summed E-state index contributed by atoms with van der Waals surface area (Å²) in [6.45, 7) is 0. The Bertz CT molecular complexity index is 1730. The number of rotatable bonds is 6. The summed E-state index contributed by atoms with van der Waals surface area (Å²) in [5.74, 6) is 1.39. The second-order valence-electron chi connectivity index (χ2n) is 8.25. The van der Waals surface area contributed by atoms with Gasteiger partial charge in [-0.15, -0.1) is 10.2 Å². The van der Waals surface area contributed by atoms with Gasteiger partial charge in [0.1, 0.15) is 17.0 Å². The van der Waals surface area contributed by atoms with Gasteiger partial charge in [0.25, 0.3) is 0 Å². The number of hydrogen-bond acceptors (Lipinski definition) is 7. The summed E-state index contributed by atoms with van der Waals surface area (Å²) < 4.78 is 5.27. The lowest BCUT2D eigenvalue weighted by Crippen LogP contribution is -1.99. The van der Waals surface area contributed by atoms with Crippen molar-refractivity contribution in [2.24, 2.45) is 0 Å². The first-order chi connectivity index (χ1) is 18.2. The second-order valence-corrected chi connectivity index (χ2v) is 9.80. The summed E-state index contributed by atoms with van der Waals surface area (Å²) in [6, 6.07) is 27.8. The highest BCUT2D eigenvalue weighted by molar-refractivity contribution is 7.99. The molecule has 0 amide bonds. The van der Waals surface area contributed by atoms with E-state index in [1.54, 1.807) is 31.3 Å². The topological polar surface area (TPSA) is 72.8 Å². The molecule has 0 atom stereocenters. The SMILES string of the molecule is COc1cnc2c(Sc3ccc(Nc4nnc(-c5ccc(Cl)cc5)c5ccccc45)cc3)ccnc2c1. The lowest BCUT2D eigenvalue weighted by molar-refractivity contribution is 0.413. The Morgan fingerprint density at radius 2 is 1.62 bits per heavy atom. The van der Waals surface area contributed by atoms with Gasteiger partial charge in [-0.05, 0) is 42.5 Å². The van der Waals surface area contributed by atoms with E-state index in [4.69, 9.17) is 16.3 Å². The largest absolute Gasteiger partial charge is 0.495 e. The van der Waals surface area contributed by atoms with Crippen molar-refractivity contribution in [3.63, 3.8) is 0 Å². The maximum absolute atomic E-state index is 6.07. The first-order valence-electron chi connectivity index (χ1n) is 11.5. The number of nitrogens with zero attached hydrogens (tertiary/aromatic N) is 4. The van der Waals surface area contributed by atoms with E-state index < -0.39 is 0 Å². The van der Waals surface area contributed by atoms with Gasteiger partial charge in [0.2, 0.25) is 0 Å². The van der Waals surface area contributed by atoms with E-state index >= 15 is 0 Å². The first-order valence-corrected chi connectivity index (χ1v) is 12.7. The smallest absolute Gasteiger partial charge is 0.161 e. The standard InChI is InChI=1S/C29H20ClN5OS/c1-36-21-16-25-28(32-17-21)26(14-15-31-25)37-22-12-10-20(11-13-22)33-29-24-5-3-2-4-23(24)27(34-35-29)18-6-8-19(30)9-7-18/h2-17H,1H3,(H,33,35). The summed E-state index contributed by atoms with van der Waals surface area (Å²) in [6.07, 6.45) is 3.50. The van der Waals surface area contributed by atoms with Gasteiger partial charge in [-0.1, -0.05) is 59.8 Å². The molecule has 0 aliphatic heterocycles. The fourth-order valence-electron chi connectivity index (χ4n) is 4.07. The summed E-state index contributed by atoms with van der Waals surface area (Å²) >= 11 is 7.71. The quantitative estimate of drug-likeness (QED) is 0.239. The van der Waals surface area contributed by atoms with Gasteiger partial charge >= 0.3 is 0 Å². The summed E-state index contributed by atoms with van der Waals surface area (Å²) in [5, 5.41) is 15.2. The number of nitrogens with one attached hydrogen (secondary N) is 1. The highest BCUT2D eigenvalue weighted by atomic mass is 35.5. The monoisotopic (exact) mass is 521 g/mol. The Kier molecular flexibility index (Phi) is 6.30. The molecule has 3 aromatic heterocycles.